The number of halogens is 1. The van der Waals surface area contributed by atoms with Crippen molar-refractivity contribution in [3.8, 4) is 5.75 Å². The first-order chi connectivity index (χ1) is 16.5. The molecule has 1 N–H and O–H groups in total. The molecule has 7 nitrogen and oxygen atoms in total. The van der Waals surface area contributed by atoms with Gasteiger partial charge in [0, 0.05) is 36.1 Å². The van der Waals surface area contributed by atoms with Gasteiger partial charge in [0.2, 0.25) is 0 Å². The molecule has 1 aromatic heterocycles. The molecule has 1 aliphatic heterocycles. The van der Waals surface area contributed by atoms with E-state index in [0.29, 0.717) is 48.0 Å². The van der Waals surface area contributed by atoms with Crippen molar-refractivity contribution in [1.29, 1.82) is 0 Å². The Morgan fingerprint density at radius 2 is 1.97 bits per heavy atom. The van der Waals surface area contributed by atoms with Crippen LogP contribution in [0.25, 0.3) is 5.76 Å². The molecule has 1 fully saturated rings. The monoisotopic (exact) mass is 479 g/mol. The Balaban J connectivity index is 1.72. The van der Waals surface area contributed by atoms with Crippen LogP contribution in [0.3, 0.4) is 0 Å². The number of hydrogen-bond acceptors (Lipinski definition) is 5. The summed E-state index contributed by atoms with van der Waals surface area (Å²) in [5.41, 5.74) is 1.12. The lowest BCUT2D eigenvalue weighted by Gasteiger charge is -2.25. The first-order valence-electron chi connectivity index (χ1n) is 11.2. The number of hydrogen-bond donors (Lipinski definition) is 1. The van der Waals surface area contributed by atoms with E-state index in [1.807, 2.05) is 17.7 Å². The fraction of sp³-hybridized carbons (Fsp3) is 0.269. The van der Waals surface area contributed by atoms with Crippen LogP contribution in [0.2, 0.25) is 5.02 Å². The molecule has 176 valence electrons. The molecule has 3 aromatic rings. The van der Waals surface area contributed by atoms with Gasteiger partial charge in [-0.2, -0.15) is 0 Å². The van der Waals surface area contributed by atoms with Crippen LogP contribution in [0.5, 0.6) is 5.75 Å². The number of aliphatic hydroxyl groups is 1. The number of aryl methyl sites for hydroxylation is 1. The van der Waals surface area contributed by atoms with Gasteiger partial charge in [0.1, 0.15) is 11.5 Å². The second-order valence-corrected chi connectivity index (χ2v) is 8.51. The summed E-state index contributed by atoms with van der Waals surface area (Å²) < 4.78 is 7.58. The quantitative estimate of drug-likeness (QED) is 0.270. The molecule has 0 radical (unpaired) electrons. The predicted octanol–water partition coefficient (Wildman–Crippen LogP) is 4.84. The minimum Gasteiger partial charge on any atom is -0.507 e. The number of likely N-dealkylation sites (tertiary alicyclic amines) is 1. The van der Waals surface area contributed by atoms with Gasteiger partial charge in [-0.3, -0.25) is 9.59 Å². The van der Waals surface area contributed by atoms with Gasteiger partial charge in [0.15, 0.2) is 0 Å². The minimum atomic E-state index is -0.748. The van der Waals surface area contributed by atoms with Gasteiger partial charge < -0.3 is 19.3 Å². The smallest absolute Gasteiger partial charge is 0.295 e. The van der Waals surface area contributed by atoms with E-state index in [0.717, 1.165) is 6.42 Å². The molecule has 34 heavy (non-hydrogen) atoms. The van der Waals surface area contributed by atoms with E-state index >= 15 is 0 Å². The van der Waals surface area contributed by atoms with Crippen molar-refractivity contribution >= 4 is 29.1 Å². The van der Waals surface area contributed by atoms with Crippen molar-refractivity contribution in [2.24, 2.45) is 0 Å². The first-order valence-corrected chi connectivity index (χ1v) is 11.6. The predicted molar refractivity (Wildman–Crippen MR) is 130 cm³/mol. The third kappa shape index (κ3) is 4.99. The number of aliphatic hydroxyl groups excluding tert-OH is 1. The summed E-state index contributed by atoms with van der Waals surface area (Å²) in [6.45, 7) is 3.51. The van der Waals surface area contributed by atoms with E-state index < -0.39 is 17.7 Å². The van der Waals surface area contributed by atoms with Crippen LogP contribution in [0, 0.1) is 0 Å². The molecule has 0 aliphatic carbocycles. The Hall–Kier alpha value is -3.58. The lowest BCUT2D eigenvalue weighted by Crippen LogP contribution is -2.31. The molecule has 2 heterocycles. The van der Waals surface area contributed by atoms with Gasteiger partial charge >= 0.3 is 0 Å². The van der Waals surface area contributed by atoms with Gasteiger partial charge in [-0.05, 0) is 42.7 Å². The van der Waals surface area contributed by atoms with E-state index in [2.05, 4.69) is 4.98 Å². The second kappa shape index (κ2) is 10.6. The highest BCUT2D eigenvalue weighted by Gasteiger charge is 2.45. The molecule has 0 bridgehead atoms. The fourth-order valence-electron chi connectivity index (χ4n) is 4.09. The number of amides is 1. The Bertz CT molecular complexity index is 1210. The number of carbonyl (C=O) groups excluding carboxylic acids is 2. The molecular formula is C26H26ClN3O4. The zero-order chi connectivity index (χ0) is 24.1. The molecule has 1 saturated heterocycles. The normalized spacial score (nSPS) is 17.4. The van der Waals surface area contributed by atoms with Crippen molar-refractivity contribution in [1.82, 2.24) is 14.5 Å². The van der Waals surface area contributed by atoms with Gasteiger partial charge in [-0.25, -0.2) is 4.98 Å². The van der Waals surface area contributed by atoms with Crippen LogP contribution in [0.1, 0.15) is 36.9 Å². The maximum Gasteiger partial charge on any atom is 0.295 e. The fourth-order valence-corrected chi connectivity index (χ4v) is 4.28. The number of nitrogens with zero attached hydrogens (tertiary/aromatic N) is 3. The molecule has 0 saturated carbocycles. The summed E-state index contributed by atoms with van der Waals surface area (Å²) in [5.74, 6) is -1.01. The van der Waals surface area contributed by atoms with Crippen LogP contribution in [0.4, 0.5) is 0 Å². The average molecular weight is 480 g/mol. The van der Waals surface area contributed by atoms with Crippen molar-refractivity contribution < 1.29 is 19.4 Å². The maximum absolute atomic E-state index is 13.2. The first kappa shape index (κ1) is 23.6. The third-order valence-electron chi connectivity index (χ3n) is 5.66. The Morgan fingerprint density at radius 1 is 1.15 bits per heavy atom. The molecule has 8 heteroatoms. The van der Waals surface area contributed by atoms with Crippen molar-refractivity contribution in [3.05, 3.63) is 89.0 Å². The van der Waals surface area contributed by atoms with Crippen LogP contribution in [-0.2, 0) is 16.1 Å². The van der Waals surface area contributed by atoms with Gasteiger partial charge in [-0.15, -0.1) is 0 Å². The van der Waals surface area contributed by atoms with Gasteiger partial charge in [-0.1, -0.05) is 42.8 Å². The van der Waals surface area contributed by atoms with Gasteiger partial charge in [0.05, 0.1) is 24.5 Å². The molecule has 1 amide bonds. The molecule has 1 atom stereocenters. The molecule has 1 unspecified atom stereocenters. The zero-order valence-corrected chi connectivity index (χ0v) is 19.6. The van der Waals surface area contributed by atoms with Crippen LogP contribution in [-0.4, -0.2) is 44.4 Å². The highest BCUT2D eigenvalue weighted by Crippen LogP contribution is 2.40. The molecule has 4 rings (SSSR count). The van der Waals surface area contributed by atoms with Crippen molar-refractivity contribution in [2.45, 2.75) is 32.4 Å². The van der Waals surface area contributed by atoms with Crippen LogP contribution in [0.15, 0.2) is 72.8 Å². The minimum absolute atomic E-state index is 0.0440. The molecule has 2 aromatic carbocycles. The number of benzene rings is 2. The van der Waals surface area contributed by atoms with Crippen molar-refractivity contribution in [3.63, 3.8) is 0 Å². The lowest BCUT2D eigenvalue weighted by molar-refractivity contribution is -0.139. The lowest BCUT2D eigenvalue weighted by atomic mass is 9.95. The summed E-state index contributed by atoms with van der Waals surface area (Å²) in [6.07, 6.45) is 6.69. The van der Waals surface area contributed by atoms with E-state index in [1.165, 1.54) is 4.90 Å². The molecular weight excluding hydrogens is 454 g/mol. The SMILES string of the molecule is CCCOc1cccc(C(O)=C2C(=O)C(=O)N(CCCn3ccnc3)C2c2cccc(Cl)c2)c1. The van der Waals surface area contributed by atoms with E-state index in [1.54, 1.807) is 61.1 Å². The van der Waals surface area contributed by atoms with Crippen LogP contribution < -0.4 is 4.74 Å². The topological polar surface area (TPSA) is 84.7 Å². The average Bonchev–Trinajstić information content (AvgIpc) is 3.45. The van der Waals surface area contributed by atoms with Gasteiger partial charge in [0.25, 0.3) is 11.7 Å². The van der Waals surface area contributed by atoms with E-state index in [9.17, 15) is 14.7 Å². The summed E-state index contributed by atoms with van der Waals surface area (Å²) in [4.78, 5) is 31.8. The number of imidazole rings is 1. The van der Waals surface area contributed by atoms with E-state index in [-0.39, 0.29) is 11.3 Å². The highest BCUT2D eigenvalue weighted by atomic mass is 35.5. The second-order valence-electron chi connectivity index (χ2n) is 8.08. The Labute approximate surface area is 203 Å². The Morgan fingerprint density at radius 3 is 2.71 bits per heavy atom. The number of Topliss-reactive ketones (excluding diaryl/α,β-unsaturated/α-hetero) is 1. The summed E-state index contributed by atoms with van der Waals surface area (Å²) in [5, 5.41) is 11.7. The molecule has 1 aliphatic rings. The van der Waals surface area contributed by atoms with Crippen molar-refractivity contribution in [2.75, 3.05) is 13.2 Å². The zero-order valence-electron chi connectivity index (χ0n) is 18.9. The summed E-state index contributed by atoms with van der Waals surface area (Å²) in [7, 11) is 0. The largest absolute Gasteiger partial charge is 0.507 e. The Kier molecular flexibility index (Phi) is 7.33. The molecule has 0 spiro atoms. The number of aromatic nitrogens is 2. The van der Waals surface area contributed by atoms with Crippen LogP contribution >= 0.6 is 11.6 Å². The number of ketones is 1. The highest BCUT2D eigenvalue weighted by molar-refractivity contribution is 6.46. The number of rotatable bonds is 9. The number of ether oxygens (including phenoxy) is 1. The summed E-state index contributed by atoms with van der Waals surface area (Å²) in [6, 6.07) is 13.2. The summed E-state index contributed by atoms with van der Waals surface area (Å²) >= 11 is 6.24. The number of carbonyl (C=O) groups is 2. The standard InChI is InChI=1S/C26H26ClN3O4/c1-2-14-34-21-9-4-7-19(16-21)24(31)22-23(18-6-3-8-20(27)15-18)30(26(33)25(22)32)12-5-11-29-13-10-28-17-29/h3-4,6-10,13,15-17,23,31H,2,5,11-12,14H2,1H3. The third-order valence-corrected chi connectivity index (χ3v) is 5.89. The maximum atomic E-state index is 13.2. The van der Waals surface area contributed by atoms with E-state index in [4.69, 9.17) is 16.3 Å².